The van der Waals surface area contributed by atoms with Crippen molar-refractivity contribution in [2.24, 2.45) is 14.1 Å². The third kappa shape index (κ3) is 4.90. The maximum absolute atomic E-state index is 13.2. The summed E-state index contributed by atoms with van der Waals surface area (Å²) in [4.78, 5) is 17.9. The SMILES string of the molecule is CCS(=O)(=O)Nc1cc(C(=O)NCCc2cnn(C)c2)c2c(c1)nc(-c1ccccc1)n2C. The number of anilines is 1. The lowest BCUT2D eigenvalue weighted by Crippen LogP contribution is -2.26. The van der Waals surface area contributed by atoms with Gasteiger partial charge in [-0.15, -0.1) is 0 Å². The van der Waals surface area contributed by atoms with Gasteiger partial charge in [0, 0.05) is 32.4 Å². The molecule has 2 N–H and O–H groups in total. The number of carbonyl (C=O) groups excluding carboxylic acids is 1. The fraction of sp³-hybridized carbons (Fsp3) is 0.261. The topological polar surface area (TPSA) is 111 Å². The molecule has 2 aromatic carbocycles. The van der Waals surface area contributed by atoms with E-state index in [4.69, 9.17) is 4.98 Å². The molecule has 0 aliphatic carbocycles. The lowest BCUT2D eigenvalue weighted by molar-refractivity contribution is 0.0955. The average molecular weight is 467 g/mol. The molecule has 0 aliphatic rings. The van der Waals surface area contributed by atoms with Crippen LogP contribution in [0.25, 0.3) is 22.4 Å². The van der Waals surface area contributed by atoms with Crippen LogP contribution in [-0.4, -0.2) is 46.0 Å². The largest absolute Gasteiger partial charge is 0.352 e. The van der Waals surface area contributed by atoms with Crippen molar-refractivity contribution >= 4 is 32.7 Å². The first-order valence-electron chi connectivity index (χ1n) is 10.6. The Hall–Kier alpha value is -3.66. The maximum Gasteiger partial charge on any atom is 0.253 e. The molecule has 0 fully saturated rings. The highest BCUT2D eigenvalue weighted by molar-refractivity contribution is 7.92. The number of benzene rings is 2. The molecule has 4 rings (SSSR count). The van der Waals surface area contributed by atoms with Crippen molar-refractivity contribution < 1.29 is 13.2 Å². The zero-order valence-corrected chi connectivity index (χ0v) is 19.6. The van der Waals surface area contributed by atoms with Crippen LogP contribution >= 0.6 is 0 Å². The van der Waals surface area contributed by atoms with E-state index < -0.39 is 10.0 Å². The van der Waals surface area contributed by atoms with Crippen LogP contribution in [0.4, 0.5) is 5.69 Å². The van der Waals surface area contributed by atoms with Crippen molar-refractivity contribution in [1.29, 1.82) is 0 Å². The van der Waals surface area contributed by atoms with Gasteiger partial charge in [0.05, 0.1) is 34.2 Å². The lowest BCUT2D eigenvalue weighted by atomic mass is 10.1. The van der Waals surface area contributed by atoms with Gasteiger partial charge in [0.1, 0.15) is 5.82 Å². The van der Waals surface area contributed by atoms with E-state index in [1.165, 1.54) is 0 Å². The molecule has 4 aromatic rings. The van der Waals surface area contributed by atoms with Gasteiger partial charge < -0.3 is 9.88 Å². The van der Waals surface area contributed by atoms with Gasteiger partial charge in [0.25, 0.3) is 5.91 Å². The van der Waals surface area contributed by atoms with Crippen LogP contribution in [0.15, 0.2) is 54.9 Å². The van der Waals surface area contributed by atoms with Crippen molar-refractivity contribution in [3.63, 3.8) is 0 Å². The molecule has 172 valence electrons. The highest BCUT2D eigenvalue weighted by atomic mass is 32.2. The quantitative estimate of drug-likeness (QED) is 0.415. The highest BCUT2D eigenvalue weighted by Gasteiger charge is 2.20. The van der Waals surface area contributed by atoms with E-state index in [1.54, 1.807) is 29.9 Å². The molecule has 0 saturated heterocycles. The van der Waals surface area contributed by atoms with Crippen LogP contribution in [-0.2, 0) is 30.5 Å². The second kappa shape index (κ2) is 9.07. The zero-order valence-electron chi connectivity index (χ0n) is 18.7. The van der Waals surface area contributed by atoms with Crippen molar-refractivity contribution in [3.8, 4) is 11.4 Å². The maximum atomic E-state index is 13.2. The Bertz CT molecular complexity index is 1410. The molecular formula is C23H26N6O3S. The van der Waals surface area contributed by atoms with Gasteiger partial charge in [0.15, 0.2) is 0 Å². The van der Waals surface area contributed by atoms with Gasteiger partial charge in [-0.05, 0) is 31.0 Å². The first-order valence-corrected chi connectivity index (χ1v) is 12.2. The molecule has 1 amide bonds. The molecule has 0 spiro atoms. The molecule has 0 aliphatic heterocycles. The van der Waals surface area contributed by atoms with E-state index in [0.29, 0.717) is 41.1 Å². The van der Waals surface area contributed by atoms with Crippen LogP contribution in [0.5, 0.6) is 0 Å². The van der Waals surface area contributed by atoms with E-state index in [0.717, 1.165) is 11.1 Å². The Morgan fingerprint density at radius 1 is 1.12 bits per heavy atom. The molecular weight excluding hydrogens is 440 g/mol. The minimum Gasteiger partial charge on any atom is -0.352 e. The van der Waals surface area contributed by atoms with Crippen LogP contribution < -0.4 is 10.0 Å². The Morgan fingerprint density at radius 3 is 2.55 bits per heavy atom. The average Bonchev–Trinajstić information content (AvgIpc) is 3.36. The van der Waals surface area contributed by atoms with Crippen molar-refractivity contribution in [3.05, 3.63) is 66.0 Å². The summed E-state index contributed by atoms with van der Waals surface area (Å²) in [6.07, 6.45) is 4.29. The molecule has 10 heteroatoms. The first kappa shape index (κ1) is 22.5. The Kier molecular flexibility index (Phi) is 6.19. The fourth-order valence-electron chi connectivity index (χ4n) is 3.70. The number of aromatic nitrogens is 4. The summed E-state index contributed by atoms with van der Waals surface area (Å²) in [5.41, 5.74) is 3.73. The molecule has 33 heavy (non-hydrogen) atoms. The van der Waals surface area contributed by atoms with Crippen LogP contribution in [0, 0.1) is 0 Å². The predicted octanol–water partition coefficient (Wildman–Crippen LogP) is 2.71. The second-order valence-electron chi connectivity index (χ2n) is 7.79. The number of imidazole rings is 1. The number of amides is 1. The molecule has 0 saturated carbocycles. The molecule has 2 aromatic heterocycles. The number of rotatable bonds is 8. The molecule has 0 atom stereocenters. The number of hydrogen-bond donors (Lipinski definition) is 2. The Morgan fingerprint density at radius 2 is 1.88 bits per heavy atom. The summed E-state index contributed by atoms with van der Waals surface area (Å²) in [5, 5.41) is 7.07. The number of fused-ring (bicyclic) bond motifs is 1. The number of hydrogen-bond acceptors (Lipinski definition) is 5. The lowest BCUT2D eigenvalue weighted by Gasteiger charge is -2.11. The van der Waals surface area contributed by atoms with E-state index >= 15 is 0 Å². The minimum absolute atomic E-state index is 0.0742. The fourth-order valence-corrected chi connectivity index (χ4v) is 4.32. The summed E-state index contributed by atoms with van der Waals surface area (Å²) < 4.78 is 30.4. The van der Waals surface area contributed by atoms with E-state index in [1.807, 2.05) is 55.2 Å². The Balaban J connectivity index is 1.72. The van der Waals surface area contributed by atoms with E-state index in [9.17, 15) is 13.2 Å². The van der Waals surface area contributed by atoms with Crippen molar-refractivity contribution in [1.82, 2.24) is 24.6 Å². The number of carbonyl (C=O) groups is 1. The summed E-state index contributed by atoms with van der Waals surface area (Å²) in [5.74, 6) is 0.310. The first-order chi connectivity index (χ1) is 15.8. The summed E-state index contributed by atoms with van der Waals surface area (Å²) in [6.45, 7) is 1.97. The zero-order chi connectivity index (χ0) is 23.6. The van der Waals surface area contributed by atoms with Crippen LogP contribution in [0.1, 0.15) is 22.8 Å². The van der Waals surface area contributed by atoms with Crippen molar-refractivity contribution in [2.75, 3.05) is 17.0 Å². The predicted molar refractivity (Wildman–Crippen MR) is 128 cm³/mol. The van der Waals surface area contributed by atoms with Gasteiger partial charge in [-0.2, -0.15) is 5.10 Å². The van der Waals surface area contributed by atoms with Gasteiger partial charge >= 0.3 is 0 Å². The smallest absolute Gasteiger partial charge is 0.253 e. The molecule has 0 bridgehead atoms. The molecule has 0 unspecified atom stereocenters. The number of aryl methyl sites for hydroxylation is 2. The summed E-state index contributed by atoms with van der Waals surface area (Å²) in [6, 6.07) is 12.9. The van der Waals surface area contributed by atoms with Gasteiger partial charge in [-0.25, -0.2) is 13.4 Å². The minimum atomic E-state index is -3.52. The monoisotopic (exact) mass is 466 g/mol. The standard InChI is InChI=1S/C23H26N6O3S/c1-4-33(31,32)27-18-12-19(23(30)24-11-10-16-14-25-28(2)15-16)21-20(13-18)26-22(29(21)3)17-8-6-5-7-9-17/h5-9,12-15,27H,4,10-11H2,1-3H3,(H,24,30). The molecule has 9 nitrogen and oxygen atoms in total. The van der Waals surface area contributed by atoms with E-state index in [2.05, 4.69) is 15.1 Å². The third-order valence-corrected chi connectivity index (χ3v) is 6.66. The second-order valence-corrected chi connectivity index (χ2v) is 9.80. The normalized spacial score (nSPS) is 11.6. The molecule has 0 radical (unpaired) electrons. The van der Waals surface area contributed by atoms with Gasteiger partial charge in [-0.3, -0.25) is 14.2 Å². The van der Waals surface area contributed by atoms with Crippen LogP contribution in [0.2, 0.25) is 0 Å². The third-order valence-electron chi connectivity index (χ3n) is 5.36. The number of nitrogens with zero attached hydrogens (tertiary/aromatic N) is 4. The van der Waals surface area contributed by atoms with Gasteiger partial charge in [0.2, 0.25) is 10.0 Å². The van der Waals surface area contributed by atoms with Crippen LogP contribution in [0.3, 0.4) is 0 Å². The number of sulfonamides is 1. The number of nitrogens with one attached hydrogen (secondary N) is 2. The highest BCUT2D eigenvalue weighted by Crippen LogP contribution is 2.29. The molecule has 2 heterocycles. The Labute approximate surface area is 192 Å². The van der Waals surface area contributed by atoms with Crippen molar-refractivity contribution in [2.45, 2.75) is 13.3 Å². The van der Waals surface area contributed by atoms with E-state index in [-0.39, 0.29) is 11.7 Å². The van der Waals surface area contributed by atoms with Gasteiger partial charge in [-0.1, -0.05) is 30.3 Å². The summed E-state index contributed by atoms with van der Waals surface area (Å²) in [7, 11) is 0.174. The summed E-state index contributed by atoms with van der Waals surface area (Å²) >= 11 is 0.